The van der Waals surface area contributed by atoms with Crippen LogP contribution in [0.3, 0.4) is 0 Å². The molecule has 2 atom stereocenters. The first kappa shape index (κ1) is 17.5. The van der Waals surface area contributed by atoms with Gasteiger partial charge in [0.05, 0.1) is 6.04 Å². The van der Waals surface area contributed by atoms with E-state index in [1.54, 1.807) is 19.1 Å². The van der Waals surface area contributed by atoms with Crippen molar-refractivity contribution in [1.82, 2.24) is 5.32 Å². The summed E-state index contributed by atoms with van der Waals surface area (Å²) in [6.07, 6.45) is 1.20. The molecular formula is C15H21ClN2O3. The van der Waals surface area contributed by atoms with E-state index in [0.717, 1.165) is 12.0 Å². The van der Waals surface area contributed by atoms with Gasteiger partial charge in [-0.25, -0.2) is 0 Å². The minimum atomic E-state index is -0.949. The molecule has 0 aliphatic rings. The summed E-state index contributed by atoms with van der Waals surface area (Å²) in [5.41, 5.74) is 1.52. The van der Waals surface area contributed by atoms with Crippen LogP contribution in [0.15, 0.2) is 18.2 Å². The predicted molar refractivity (Wildman–Crippen MR) is 83.7 cm³/mol. The molecule has 21 heavy (non-hydrogen) atoms. The number of aryl methyl sites for hydroxylation is 1. The highest BCUT2D eigenvalue weighted by atomic mass is 35.5. The number of amides is 1. The number of carboxylic acid groups (broad SMARTS) is 1. The van der Waals surface area contributed by atoms with E-state index in [4.69, 9.17) is 16.7 Å². The molecule has 6 heteroatoms. The molecule has 3 N–H and O–H groups in total. The van der Waals surface area contributed by atoms with E-state index in [0.29, 0.717) is 17.1 Å². The predicted octanol–water partition coefficient (Wildman–Crippen LogP) is 2.82. The number of nitrogens with one attached hydrogen (secondary N) is 2. The van der Waals surface area contributed by atoms with Crippen molar-refractivity contribution in [3.05, 3.63) is 28.8 Å². The van der Waals surface area contributed by atoms with Crippen LogP contribution in [0.4, 0.5) is 5.69 Å². The third kappa shape index (κ3) is 5.36. The number of carbonyl (C=O) groups is 2. The minimum Gasteiger partial charge on any atom is -0.480 e. The fourth-order valence-electron chi connectivity index (χ4n) is 1.91. The number of hydrogen-bond acceptors (Lipinski definition) is 3. The van der Waals surface area contributed by atoms with Crippen LogP contribution < -0.4 is 10.6 Å². The fourth-order valence-corrected chi connectivity index (χ4v) is 2.09. The van der Waals surface area contributed by atoms with Crippen molar-refractivity contribution in [3.63, 3.8) is 0 Å². The SMILES string of the molecule is CCCC(NC(C)C(=O)Nc1cc(Cl)ccc1C)C(=O)O. The zero-order valence-corrected chi connectivity index (χ0v) is 13.2. The Hall–Kier alpha value is -1.59. The number of carbonyl (C=O) groups excluding carboxylic acids is 1. The summed E-state index contributed by atoms with van der Waals surface area (Å²) in [5, 5.41) is 15.2. The second-order valence-corrected chi connectivity index (χ2v) is 5.45. The molecule has 1 amide bonds. The van der Waals surface area contributed by atoms with Crippen molar-refractivity contribution in [3.8, 4) is 0 Å². The van der Waals surface area contributed by atoms with Crippen LogP contribution in [0, 0.1) is 6.92 Å². The van der Waals surface area contributed by atoms with Gasteiger partial charge in [0.25, 0.3) is 0 Å². The Labute approximate surface area is 129 Å². The van der Waals surface area contributed by atoms with Gasteiger partial charge in [0.2, 0.25) is 5.91 Å². The Kier molecular flexibility index (Phi) is 6.65. The maximum atomic E-state index is 12.1. The van der Waals surface area contributed by atoms with E-state index >= 15 is 0 Å². The second kappa shape index (κ2) is 8.00. The van der Waals surface area contributed by atoms with Crippen molar-refractivity contribution in [2.45, 2.75) is 45.7 Å². The summed E-state index contributed by atoms with van der Waals surface area (Å²) in [6.45, 7) is 5.40. The summed E-state index contributed by atoms with van der Waals surface area (Å²) >= 11 is 5.90. The molecule has 2 unspecified atom stereocenters. The first-order valence-corrected chi connectivity index (χ1v) is 7.28. The van der Waals surface area contributed by atoms with E-state index in [9.17, 15) is 9.59 Å². The molecule has 0 spiro atoms. The monoisotopic (exact) mass is 312 g/mol. The summed E-state index contributed by atoms with van der Waals surface area (Å²) in [6, 6.07) is 3.89. The van der Waals surface area contributed by atoms with Crippen LogP contribution in [0.25, 0.3) is 0 Å². The van der Waals surface area contributed by atoms with Gasteiger partial charge in [-0.3, -0.25) is 14.9 Å². The van der Waals surface area contributed by atoms with E-state index in [1.165, 1.54) is 0 Å². The summed E-state index contributed by atoms with van der Waals surface area (Å²) in [4.78, 5) is 23.2. The highest BCUT2D eigenvalue weighted by Crippen LogP contribution is 2.20. The number of carboxylic acids is 1. The molecule has 0 aliphatic heterocycles. The number of benzene rings is 1. The summed E-state index contributed by atoms with van der Waals surface area (Å²) in [7, 11) is 0. The minimum absolute atomic E-state index is 0.289. The van der Waals surface area contributed by atoms with E-state index in [2.05, 4.69) is 10.6 Å². The van der Waals surface area contributed by atoms with Crippen molar-refractivity contribution in [1.29, 1.82) is 0 Å². The molecule has 0 bridgehead atoms. The Morgan fingerprint density at radius 1 is 1.38 bits per heavy atom. The first-order chi connectivity index (χ1) is 9.85. The largest absolute Gasteiger partial charge is 0.480 e. The lowest BCUT2D eigenvalue weighted by atomic mass is 10.1. The zero-order chi connectivity index (χ0) is 16.0. The van der Waals surface area contributed by atoms with Gasteiger partial charge in [-0.05, 0) is 38.0 Å². The molecule has 1 aromatic rings. The number of aliphatic carboxylic acids is 1. The topological polar surface area (TPSA) is 78.4 Å². The van der Waals surface area contributed by atoms with E-state index in [-0.39, 0.29) is 5.91 Å². The van der Waals surface area contributed by atoms with E-state index < -0.39 is 18.1 Å². The average Bonchev–Trinajstić information content (AvgIpc) is 2.42. The first-order valence-electron chi connectivity index (χ1n) is 6.91. The summed E-state index contributed by atoms with van der Waals surface area (Å²) in [5.74, 6) is -1.24. The Bertz CT molecular complexity index is 520. The van der Waals surface area contributed by atoms with Gasteiger partial charge < -0.3 is 10.4 Å². The van der Waals surface area contributed by atoms with Crippen molar-refractivity contribution >= 4 is 29.2 Å². The normalized spacial score (nSPS) is 13.5. The lowest BCUT2D eigenvalue weighted by Crippen LogP contribution is -2.47. The van der Waals surface area contributed by atoms with Gasteiger partial charge in [0.15, 0.2) is 0 Å². The molecule has 0 saturated heterocycles. The van der Waals surface area contributed by atoms with Gasteiger partial charge in [-0.2, -0.15) is 0 Å². The molecule has 0 aromatic heterocycles. The maximum Gasteiger partial charge on any atom is 0.320 e. The van der Waals surface area contributed by atoms with Gasteiger partial charge in [-0.1, -0.05) is 31.0 Å². The highest BCUT2D eigenvalue weighted by Gasteiger charge is 2.22. The molecule has 5 nitrogen and oxygen atoms in total. The molecule has 116 valence electrons. The van der Waals surface area contributed by atoms with Crippen LogP contribution in [0.1, 0.15) is 32.3 Å². The van der Waals surface area contributed by atoms with Crippen molar-refractivity contribution in [2.24, 2.45) is 0 Å². The van der Waals surface area contributed by atoms with Crippen molar-refractivity contribution < 1.29 is 14.7 Å². The zero-order valence-electron chi connectivity index (χ0n) is 12.4. The molecular weight excluding hydrogens is 292 g/mol. The number of rotatable bonds is 7. The third-order valence-corrected chi connectivity index (χ3v) is 3.41. The van der Waals surface area contributed by atoms with Crippen LogP contribution in [-0.4, -0.2) is 29.1 Å². The Balaban J connectivity index is 2.70. The molecule has 1 rings (SSSR count). The lowest BCUT2D eigenvalue weighted by molar-refractivity contribution is -0.140. The van der Waals surface area contributed by atoms with Crippen LogP contribution in [0.2, 0.25) is 5.02 Å². The number of hydrogen-bond donors (Lipinski definition) is 3. The van der Waals surface area contributed by atoms with E-state index in [1.807, 2.05) is 19.9 Å². The Morgan fingerprint density at radius 2 is 2.05 bits per heavy atom. The van der Waals surface area contributed by atoms with Gasteiger partial charge in [0, 0.05) is 10.7 Å². The van der Waals surface area contributed by atoms with Crippen LogP contribution in [0.5, 0.6) is 0 Å². The highest BCUT2D eigenvalue weighted by molar-refractivity contribution is 6.31. The molecule has 0 radical (unpaired) electrons. The second-order valence-electron chi connectivity index (χ2n) is 5.02. The maximum absolute atomic E-state index is 12.1. The molecule has 1 aromatic carbocycles. The van der Waals surface area contributed by atoms with Gasteiger partial charge >= 0.3 is 5.97 Å². The quantitative estimate of drug-likeness (QED) is 0.723. The molecule has 0 fully saturated rings. The molecule has 0 saturated carbocycles. The average molecular weight is 313 g/mol. The fraction of sp³-hybridized carbons (Fsp3) is 0.467. The van der Waals surface area contributed by atoms with Crippen molar-refractivity contribution in [2.75, 3.05) is 5.32 Å². The van der Waals surface area contributed by atoms with Gasteiger partial charge in [-0.15, -0.1) is 0 Å². The smallest absolute Gasteiger partial charge is 0.320 e. The Morgan fingerprint density at radius 3 is 2.62 bits per heavy atom. The van der Waals surface area contributed by atoms with Crippen LogP contribution >= 0.6 is 11.6 Å². The van der Waals surface area contributed by atoms with Gasteiger partial charge in [0.1, 0.15) is 6.04 Å². The molecule has 0 heterocycles. The molecule has 0 aliphatic carbocycles. The summed E-state index contributed by atoms with van der Waals surface area (Å²) < 4.78 is 0. The lowest BCUT2D eigenvalue weighted by Gasteiger charge is -2.20. The van der Waals surface area contributed by atoms with Crippen LogP contribution in [-0.2, 0) is 9.59 Å². The third-order valence-electron chi connectivity index (χ3n) is 3.18. The standard InChI is InChI=1S/C15H21ClN2O3/c1-4-5-12(15(20)21)17-10(3)14(19)18-13-8-11(16)7-6-9(13)2/h6-8,10,12,17H,4-5H2,1-3H3,(H,18,19)(H,20,21). The number of halogens is 1. The number of anilines is 1.